The van der Waals surface area contributed by atoms with E-state index in [1.165, 1.54) is 29.5 Å². The minimum Gasteiger partial charge on any atom is -0.390 e. The molecular weight excluding hydrogens is 476 g/mol. The van der Waals surface area contributed by atoms with Gasteiger partial charge in [0.25, 0.3) is 0 Å². The predicted octanol–water partition coefficient (Wildman–Crippen LogP) is 3.72. The molecule has 2 aromatic carbocycles. The lowest BCUT2D eigenvalue weighted by Gasteiger charge is -2.25. The van der Waals surface area contributed by atoms with Crippen LogP contribution in [0.4, 0.5) is 8.78 Å². The maximum absolute atomic E-state index is 13.7. The van der Waals surface area contributed by atoms with Crippen LogP contribution >= 0.6 is 24.0 Å². The van der Waals surface area contributed by atoms with Gasteiger partial charge in [-0.15, -0.1) is 11.8 Å². The second kappa shape index (κ2) is 15.0. The highest BCUT2D eigenvalue weighted by Crippen LogP contribution is 2.13. The van der Waals surface area contributed by atoms with Crippen LogP contribution in [0.25, 0.3) is 0 Å². The van der Waals surface area contributed by atoms with Crippen molar-refractivity contribution in [1.29, 1.82) is 0 Å². The Morgan fingerprint density at radius 2 is 1.82 bits per heavy atom. The fraction of sp³-hybridized carbons (Fsp3) is 0.440. The number of carbonyl (C=O) groups is 1. The van der Waals surface area contributed by atoms with Gasteiger partial charge in [-0.3, -0.25) is 4.79 Å². The smallest absolute Gasteiger partial charge is 0.220 e. The van der Waals surface area contributed by atoms with Gasteiger partial charge in [0.1, 0.15) is 16.0 Å². The number of thiocarbonyl (C=S) groups is 1. The highest BCUT2D eigenvalue weighted by atomic mass is 32.2. The summed E-state index contributed by atoms with van der Waals surface area (Å²) in [6, 6.07) is 10.7. The number of nitrogens with one attached hydrogen (secondary N) is 3. The van der Waals surface area contributed by atoms with Crippen LogP contribution in [-0.4, -0.2) is 46.8 Å². The second-order valence-electron chi connectivity index (χ2n) is 8.05. The molecule has 0 bridgehead atoms. The number of thioether (sulfide) groups is 1. The van der Waals surface area contributed by atoms with Crippen molar-refractivity contribution in [2.45, 2.75) is 51.3 Å². The van der Waals surface area contributed by atoms with Crippen LogP contribution in [0, 0.1) is 11.6 Å². The molecule has 186 valence electrons. The van der Waals surface area contributed by atoms with Crippen molar-refractivity contribution in [3.63, 3.8) is 0 Å². The van der Waals surface area contributed by atoms with Gasteiger partial charge in [0.05, 0.1) is 12.1 Å². The third-order valence-electron chi connectivity index (χ3n) is 5.31. The zero-order valence-electron chi connectivity index (χ0n) is 19.6. The number of halogens is 2. The van der Waals surface area contributed by atoms with Crippen LogP contribution in [0.3, 0.4) is 0 Å². The molecule has 0 heterocycles. The van der Waals surface area contributed by atoms with Crippen LogP contribution in [0.2, 0.25) is 0 Å². The summed E-state index contributed by atoms with van der Waals surface area (Å²) in [7, 11) is 0. The average Bonchev–Trinajstić information content (AvgIpc) is 2.80. The summed E-state index contributed by atoms with van der Waals surface area (Å²) in [5.41, 5.74) is 2.69. The Balaban J connectivity index is 1.97. The van der Waals surface area contributed by atoms with Crippen LogP contribution in [0.1, 0.15) is 36.5 Å². The van der Waals surface area contributed by atoms with Gasteiger partial charge in [-0.25, -0.2) is 8.78 Å². The molecule has 0 spiro atoms. The molecule has 0 aromatic heterocycles. The van der Waals surface area contributed by atoms with Crippen molar-refractivity contribution >= 4 is 34.2 Å². The van der Waals surface area contributed by atoms with E-state index >= 15 is 0 Å². The highest BCUT2D eigenvalue weighted by molar-refractivity contribution is 8.22. The lowest BCUT2D eigenvalue weighted by Crippen LogP contribution is -2.48. The van der Waals surface area contributed by atoms with E-state index in [4.69, 9.17) is 12.2 Å². The molecule has 0 radical (unpaired) electrons. The minimum atomic E-state index is -0.952. The molecule has 2 aromatic rings. The number of hydrogen-bond donors (Lipinski definition) is 4. The maximum Gasteiger partial charge on any atom is 0.220 e. The fourth-order valence-electron chi connectivity index (χ4n) is 3.52. The Bertz CT molecular complexity index is 926. The zero-order chi connectivity index (χ0) is 24.9. The number of hydrogen-bond acceptors (Lipinski definition) is 5. The van der Waals surface area contributed by atoms with E-state index in [2.05, 4.69) is 35.0 Å². The highest BCUT2D eigenvalue weighted by Gasteiger charge is 2.22. The molecule has 0 fully saturated rings. The molecule has 0 aliphatic carbocycles. The van der Waals surface area contributed by atoms with Crippen LogP contribution < -0.4 is 16.0 Å². The van der Waals surface area contributed by atoms with E-state index in [0.29, 0.717) is 29.4 Å². The summed E-state index contributed by atoms with van der Waals surface area (Å²) in [5, 5.41) is 19.9. The molecule has 0 aliphatic heterocycles. The standard InChI is InChI=1S/C25H33F2N3O2S2/c1-3-17-6-4-7-18(10-17)15-28-16-23(31)22(13-19-11-20(26)14-21(27)12-19)30-24(32)8-5-9-29-25(33)34-2/h4,6-7,10-12,14,22-23,28,31H,3,5,8-9,13,15-16H2,1-2H3,(H,29,33)(H,30,32)/t22-,23+/m0/s1. The SMILES string of the molecule is CCc1cccc(CNC[C@@H](O)[C@H](Cc2cc(F)cc(F)c2)NC(=O)CCCNC(=S)SC)c1. The van der Waals surface area contributed by atoms with Gasteiger partial charge in [0.15, 0.2) is 0 Å². The molecule has 2 atom stereocenters. The van der Waals surface area contributed by atoms with E-state index in [9.17, 15) is 18.7 Å². The van der Waals surface area contributed by atoms with E-state index in [1.54, 1.807) is 0 Å². The zero-order valence-corrected chi connectivity index (χ0v) is 21.2. The van der Waals surface area contributed by atoms with Crippen molar-refractivity contribution in [1.82, 2.24) is 16.0 Å². The van der Waals surface area contributed by atoms with Gasteiger partial charge in [0.2, 0.25) is 5.91 Å². The fourth-order valence-corrected chi connectivity index (χ4v) is 3.87. The Hall–Kier alpha value is -2.07. The number of benzene rings is 2. The first kappa shape index (κ1) is 28.2. The lowest BCUT2D eigenvalue weighted by atomic mass is 10.00. The third-order valence-corrected chi connectivity index (χ3v) is 6.47. The molecule has 5 nitrogen and oxygen atoms in total. The quantitative estimate of drug-likeness (QED) is 0.244. The maximum atomic E-state index is 13.7. The molecule has 34 heavy (non-hydrogen) atoms. The summed E-state index contributed by atoms with van der Waals surface area (Å²) in [6.07, 6.45) is 2.76. The monoisotopic (exact) mass is 509 g/mol. The number of aliphatic hydroxyl groups is 1. The topological polar surface area (TPSA) is 73.4 Å². The summed E-state index contributed by atoms with van der Waals surface area (Å²) in [6.45, 7) is 3.42. The number of amides is 1. The molecule has 4 N–H and O–H groups in total. The molecule has 9 heteroatoms. The summed E-state index contributed by atoms with van der Waals surface area (Å²) in [4.78, 5) is 12.5. The van der Waals surface area contributed by atoms with Crippen molar-refractivity contribution < 1.29 is 18.7 Å². The van der Waals surface area contributed by atoms with Gasteiger partial charge in [-0.2, -0.15) is 0 Å². The van der Waals surface area contributed by atoms with Gasteiger partial charge >= 0.3 is 0 Å². The summed E-state index contributed by atoms with van der Waals surface area (Å²) < 4.78 is 28.0. The van der Waals surface area contributed by atoms with E-state index in [1.807, 2.05) is 18.4 Å². The Kier molecular flexibility index (Phi) is 12.5. The number of carbonyl (C=O) groups excluding carboxylic acids is 1. The third kappa shape index (κ3) is 10.5. The first-order valence-electron chi connectivity index (χ1n) is 11.3. The normalized spacial score (nSPS) is 12.7. The second-order valence-corrected chi connectivity index (χ2v) is 9.53. The number of aliphatic hydroxyl groups excluding tert-OH is 1. The largest absolute Gasteiger partial charge is 0.390 e. The molecule has 1 amide bonds. The Morgan fingerprint density at radius 3 is 2.50 bits per heavy atom. The van der Waals surface area contributed by atoms with E-state index in [0.717, 1.165) is 18.1 Å². The lowest BCUT2D eigenvalue weighted by molar-refractivity contribution is -0.122. The van der Waals surface area contributed by atoms with Crippen molar-refractivity contribution in [2.24, 2.45) is 0 Å². The Morgan fingerprint density at radius 1 is 1.12 bits per heavy atom. The molecule has 0 unspecified atom stereocenters. The molecule has 0 aliphatic rings. The van der Waals surface area contributed by atoms with Gasteiger partial charge in [-0.05, 0) is 54.3 Å². The first-order valence-corrected chi connectivity index (χ1v) is 13.0. The minimum absolute atomic E-state index is 0.101. The van der Waals surface area contributed by atoms with Gasteiger partial charge in [-0.1, -0.05) is 43.4 Å². The summed E-state index contributed by atoms with van der Waals surface area (Å²) in [5.74, 6) is -1.63. The molecule has 2 rings (SSSR count). The molecule has 0 saturated heterocycles. The van der Waals surface area contributed by atoms with Crippen LogP contribution in [-0.2, 0) is 24.2 Å². The number of aryl methyl sites for hydroxylation is 1. The van der Waals surface area contributed by atoms with Crippen LogP contribution in [0.15, 0.2) is 42.5 Å². The van der Waals surface area contributed by atoms with Crippen LogP contribution in [0.5, 0.6) is 0 Å². The van der Waals surface area contributed by atoms with E-state index in [-0.39, 0.29) is 25.3 Å². The molecule has 0 saturated carbocycles. The number of rotatable bonds is 13. The summed E-state index contributed by atoms with van der Waals surface area (Å²) >= 11 is 6.50. The van der Waals surface area contributed by atoms with E-state index < -0.39 is 23.8 Å². The average molecular weight is 510 g/mol. The first-order chi connectivity index (χ1) is 16.3. The molecular formula is C25H33F2N3O2S2. The van der Waals surface area contributed by atoms with Crippen molar-refractivity contribution in [3.05, 3.63) is 70.8 Å². The van der Waals surface area contributed by atoms with Crippen molar-refractivity contribution in [2.75, 3.05) is 19.3 Å². The van der Waals surface area contributed by atoms with Crippen molar-refractivity contribution in [3.8, 4) is 0 Å². The van der Waals surface area contributed by atoms with Gasteiger partial charge in [0, 0.05) is 32.1 Å². The predicted molar refractivity (Wildman–Crippen MR) is 139 cm³/mol. The van der Waals surface area contributed by atoms with Gasteiger partial charge < -0.3 is 21.1 Å². The Labute approximate surface area is 210 Å².